The van der Waals surface area contributed by atoms with Gasteiger partial charge in [0, 0.05) is 23.0 Å². The molecule has 1 heterocycles. The molecule has 0 radical (unpaired) electrons. The summed E-state index contributed by atoms with van der Waals surface area (Å²) in [7, 11) is 0. The highest BCUT2D eigenvalue weighted by Gasteiger charge is 2.24. The Morgan fingerprint density at radius 1 is 1.03 bits per heavy atom. The first-order valence-electron chi connectivity index (χ1n) is 12.4. The van der Waals surface area contributed by atoms with Gasteiger partial charge in [-0.15, -0.1) is 0 Å². The van der Waals surface area contributed by atoms with E-state index in [1.807, 2.05) is 39.0 Å². The molecular formula is C28H35Cl2N5O2. The van der Waals surface area contributed by atoms with Crippen molar-refractivity contribution in [1.29, 1.82) is 0 Å². The number of carbonyl (C=O) groups excluding carboxylic acids is 2. The van der Waals surface area contributed by atoms with Gasteiger partial charge in [0.25, 0.3) is 0 Å². The topological polar surface area (TPSA) is 79.3 Å². The van der Waals surface area contributed by atoms with Crippen LogP contribution in [0.15, 0.2) is 42.5 Å². The lowest BCUT2D eigenvalue weighted by Gasteiger charge is -2.23. The van der Waals surface area contributed by atoms with E-state index in [0.717, 1.165) is 35.3 Å². The number of benzene rings is 2. The molecule has 0 unspecified atom stereocenters. The minimum Gasteiger partial charge on any atom is -0.315 e. The van der Waals surface area contributed by atoms with Crippen molar-refractivity contribution in [2.75, 3.05) is 23.7 Å². The second-order valence-electron chi connectivity index (χ2n) is 10.2. The Kier molecular flexibility index (Phi) is 9.26. The summed E-state index contributed by atoms with van der Waals surface area (Å²) < 4.78 is 1.76. The maximum absolute atomic E-state index is 13.2. The van der Waals surface area contributed by atoms with E-state index < -0.39 is 6.03 Å². The fourth-order valence-electron chi connectivity index (χ4n) is 3.81. The van der Waals surface area contributed by atoms with Crippen molar-refractivity contribution in [2.45, 2.75) is 59.8 Å². The zero-order valence-corrected chi connectivity index (χ0v) is 23.8. The number of hydrogen-bond donors (Lipinski definition) is 2. The average Bonchev–Trinajstić information content (AvgIpc) is 3.22. The van der Waals surface area contributed by atoms with Crippen LogP contribution in [0, 0.1) is 13.8 Å². The lowest BCUT2D eigenvalue weighted by molar-refractivity contribution is -0.116. The van der Waals surface area contributed by atoms with Crippen LogP contribution in [-0.2, 0) is 10.2 Å². The van der Waals surface area contributed by atoms with Gasteiger partial charge in [-0.2, -0.15) is 5.10 Å². The molecule has 0 spiro atoms. The highest BCUT2D eigenvalue weighted by molar-refractivity contribution is 6.36. The molecule has 0 fully saturated rings. The number of carbonyl (C=O) groups is 2. The smallest absolute Gasteiger partial charge is 0.315 e. The van der Waals surface area contributed by atoms with Gasteiger partial charge in [-0.25, -0.2) is 9.48 Å². The summed E-state index contributed by atoms with van der Waals surface area (Å²) in [6, 6.07) is 12.4. The maximum Gasteiger partial charge on any atom is 0.322 e. The van der Waals surface area contributed by atoms with Crippen LogP contribution in [0.1, 0.15) is 57.4 Å². The summed E-state index contributed by atoms with van der Waals surface area (Å²) in [5, 5.41) is 11.4. The van der Waals surface area contributed by atoms with E-state index in [4.69, 9.17) is 28.3 Å². The molecule has 198 valence electrons. The number of amides is 3. The minimum atomic E-state index is -0.411. The molecule has 0 aliphatic rings. The highest BCUT2D eigenvalue weighted by atomic mass is 35.5. The first kappa shape index (κ1) is 28.5. The van der Waals surface area contributed by atoms with Crippen LogP contribution in [0.4, 0.5) is 16.3 Å². The zero-order chi connectivity index (χ0) is 27.3. The normalized spacial score (nSPS) is 11.4. The van der Waals surface area contributed by atoms with Crippen molar-refractivity contribution < 1.29 is 9.59 Å². The fourth-order valence-corrected chi connectivity index (χ4v) is 4.26. The van der Waals surface area contributed by atoms with Gasteiger partial charge in [0.1, 0.15) is 12.4 Å². The van der Waals surface area contributed by atoms with E-state index in [9.17, 15) is 9.59 Å². The van der Waals surface area contributed by atoms with Crippen LogP contribution >= 0.6 is 23.2 Å². The molecule has 1 aromatic heterocycles. The average molecular weight is 545 g/mol. The molecule has 0 bridgehead atoms. The van der Waals surface area contributed by atoms with Gasteiger partial charge in [0.15, 0.2) is 0 Å². The number of rotatable bonds is 8. The van der Waals surface area contributed by atoms with E-state index in [1.54, 1.807) is 22.9 Å². The second-order valence-corrected chi connectivity index (χ2v) is 11.1. The number of urea groups is 1. The van der Waals surface area contributed by atoms with Gasteiger partial charge in [0.05, 0.1) is 22.1 Å². The van der Waals surface area contributed by atoms with Crippen molar-refractivity contribution in [3.8, 4) is 5.69 Å². The standard InChI is InChI=1S/C28H35Cl2N5O2/c1-7-8-13-34(27(37)31-22-11-10-20(29)15-21(22)30)17-26(36)32-25-16-24(28(4,5)6)33-35(25)23-12-9-18(2)14-19(23)3/h9-12,14-16H,7-8,13,17H2,1-6H3,(H,31,37)(H,32,36). The number of aromatic nitrogens is 2. The molecule has 3 amide bonds. The lowest BCUT2D eigenvalue weighted by atomic mass is 9.92. The molecule has 0 aliphatic heterocycles. The predicted octanol–water partition coefficient (Wildman–Crippen LogP) is 7.37. The van der Waals surface area contributed by atoms with Gasteiger partial charge in [-0.3, -0.25) is 4.79 Å². The molecule has 2 aromatic carbocycles. The van der Waals surface area contributed by atoms with Crippen molar-refractivity contribution in [3.05, 3.63) is 69.3 Å². The van der Waals surface area contributed by atoms with Crippen LogP contribution in [0.25, 0.3) is 5.69 Å². The van der Waals surface area contributed by atoms with E-state index in [0.29, 0.717) is 28.1 Å². The van der Waals surface area contributed by atoms with Crippen LogP contribution in [-0.4, -0.2) is 39.7 Å². The zero-order valence-electron chi connectivity index (χ0n) is 22.3. The Morgan fingerprint density at radius 2 is 1.76 bits per heavy atom. The third kappa shape index (κ3) is 7.49. The Bertz CT molecular complexity index is 1280. The Balaban J connectivity index is 1.84. The predicted molar refractivity (Wildman–Crippen MR) is 152 cm³/mol. The number of hydrogen-bond acceptors (Lipinski definition) is 3. The summed E-state index contributed by atoms with van der Waals surface area (Å²) >= 11 is 12.2. The van der Waals surface area contributed by atoms with Gasteiger partial charge < -0.3 is 15.5 Å². The summed E-state index contributed by atoms with van der Waals surface area (Å²) in [6.07, 6.45) is 1.63. The number of unbranched alkanes of at least 4 members (excludes halogenated alkanes) is 1. The SMILES string of the molecule is CCCCN(CC(=O)Nc1cc(C(C)(C)C)nn1-c1ccc(C)cc1C)C(=O)Nc1ccc(Cl)cc1Cl. The second kappa shape index (κ2) is 12.0. The molecule has 2 N–H and O–H groups in total. The summed E-state index contributed by atoms with van der Waals surface area (Å²) in [5.41, 5.74) is 4.14. The van der Waals surface area contributed by atoms with E-state index >= 15 is 0 Å². The molecule has 9 heteroatoms. The number of aryl methyl sites for hydroxylation is 2. The molecule has 0 aliphatic carbocycles. The maximum atomic E-state index is 13.2. The molecule has 37 heavy (non-hydrogen) atoms. The van der Waals surface area contributed by atoms with Gasteiger partial charge in [0.2, 0.25) is 5.91 Å². The van der Waals surface area contributed by atoms with Gasteiger partial charge in [-0.05, 0) is 50.1 Å². The lowest BCUT2D eigenvalue weighted by Crippen LogP contribution is -2.41. The quantitative estimate of drug-likeness (QED) is 0.311. The first-order chi connectivity index (χ1) is 17.4. The Hall–Kier alpha value is -3.03. The number of anilines is 2. The number of halogens is 2. The van der Waals surface area contributed by atoms with Gasteiger partial charge in [-0.1, -0.05) is 75.0 Å². The highest BCUT2D eigenvalue weighted by Crippen LogP contribution is 2.28. The minimum absolute atomic E-state index is 0.125. The molecule has 3 rings (SSSR count). The van der Waals surface area contributed by atoms with Crippen molar-refractivity contribution in [1.82, 2.24) is 14.7 Å². The molecule has 7 nitrogen and oxygen atoms in total. The first-order valence-corrected chi connectivity index (χ1v) is 13.1. The van der Waals surface area contributed by atoms with E-state index in [1.165, 1.54) is 4.90 Å². The van der Waals surface area contributed by atoms with Crippen LogP contribution in [0.2, 0.25) is 10.0 Å². The summed E-state index contributed by atoms with van der Waals surface area (Å²) in [4.78, 5) is 27.8. The van der Waals surface area contributed by atoms with Crippen molar-refractivity contribution >= 4 is 46.6 Å². The Labute approximate surface area is 229 Å². The van der Waals surface area contributed by atoms with Crippen molar-refractivity contribution in [2.24, 2.45) is 0 Å². The fraction of sp³-hybridized carbons (Fsp3) is 0.393. The molecule has 3 aromatic rings. The van der Waals surface area contributed by atoms with Gasteiger partial charge >= 0.3 is 6.03 Å². The molecule has 0 saturated carbocycles. The monoisotopic (exact) mass is 543 g/mol. The third-order valence-corrected chi connectivity index (χ3v) is 6.45. The van der Waals surface area contributed by atoms with Crippen LogP contribution < -0.4 is 10.6 Å². The number of nitrogens with zero attached hydrogens (tertiary/aromatic N) is 3. The van der Waals surface area contributed by atoms with E-state index in [2.05, 4.69) is 37.5 Å². The van der Waals surface area contributed by atoms with E-state index in [-0.39, 0.29) is 17.9 Å². The van der Waals surface area contributed by atoms with Crippen LogP contribution in [0.5, 0.6) is 0 Å². The Morgan fingerprint density at radius 3 is 2.38 bits per heavy atom. The van der Waals surface area contributed by atoms with Crippen LogP contribution in [0.3, 0.4) is 0 Å². The molecule has 0 atom stereocenters. The summed E-state index contributed by atoms with van der Waals surface area (Å²) in [5.74, 6) is 0.235. The largest absolute Gasteiger partial charge is 0.322 e. The molecule has 0 saturated heterocycles. The third-order valence-electron chi connectivity index (χ3n) is 5.90. The van der Waals surface area contributed by atoms with Crippen molar-refractivity contribution in [3.63, 3.8) is 0 Å². The number of nitrogens with one attached hydrogen (secondary N) is 2. The summed E-state index contributed by atoms with van der Waals surface area (Å²) in [6.45, 7) is 12.6. The molecular weight excluding hydrogens is 509 g/mol.